The second-order valence-corrected chi connectivity index (χ2v) is 2.50. The van der Waals surface area contributed by atoms with E-state index in [1.807, 2.05) is 13.8 Å². The van der Waals surface area contributed by atoms with Gasteiger partial charge in [0.1, 0.15) is 6.23 Å². The van der Waals surface area contributed by atoms with Crippen LogP contribution in [0.1, 0.15) is 20.8 Å². The van der Waals surface area contributed by atoms with Crippen LogP contribution in [-0.2, 0) is 4.84 Å². The lowest BCUT2D eigenvalue weighted by atomic mass is 10.3. The van der Waals surface area contributed by atoms with E-state index in [4.69, 9.17) is 9.94 Å². The Labute approximate surface area is 48.8 Å². The van der Waals surface area contributed by atoms with Crippen molar-refractivity contribution in [2.75, 3.05) is 0 Å². The lowest BCUT2D eigenvalue weighted by Gasteiger charge is -2.00. The smallest absolute Gasteiger partial charge is 0.162 e. The van der Waals surface area contributed by atoms with Crippen LogP contribution in [-0.4, -0.2) is 22.1 Å². The highest BCUT2D eigenvalue weighted by atomic mass is 16.9. The average molecular weight is 117 g/mol. The van der Waals surface area contributed by atoms with Gasteiger partial charge in [-0.1, -0.05) is 0 Å². The number of aliphatic hydroxyl groups excluding tert-OH is 1. The standard InChI is InChI=1S/C5H11NO2/c1-4(7)6-5(2,3)8-6/h4,7H,1-3H3. The molecule has 1 N–H and O–H groups in total. The maximum atomic E-state index is 8.83. The molecule has 1 fully saturated rings. The first-order chi connectivity index (χ1) is 3.54. The van der Waals surface area contributed by atoms with Crippen LogP contribution in [0.3, 0.4) is 0 Å². The van der Waals surface area contributed by atoms with Crippen molar-refractivity contribution < 1.29 is 9.94 Å². The summed E-state index contributed by atoms with van der Waals surface area (Å²) < 4.78 is 0. The highest BCUT2D eigenvalue weighted by Gasteiger charge is 2.48. The number of rotatable bonds is 1. The quantitative estimate of drug-likeness (QED) is 0.502. The minimum absolute atomic E-state index is 0.228. The molecule has 1 aliphatic heterocycles. The fourth-order valence-corrected chi connectivity index (χ4v) is 0.746. The first kappa shape index (κ1) is 6.01. The first-order valence-electron chi connectivity index (χ1n) is 2.70. The van der Waals surface area contributed by atoms with E-state index < -0.39 is 6.23 Å². The SMILES string of the molecule is CC(O)N1OC1(C)C. The molecular formula is C5H11NO2. The maximum absolute atomic E-state index is 8.83. The fourth-order valence-electron chi connectivity index (χ4n) is 0.746. The average Bonchev–Trinajstić information content (AvgIpc) is 2.13. The fraction of sp³-hybridized carbons (Fsp3) is 1.00. The van der Waals surface area contributed by atoms with Gasteiger partial charge in [0.05, 0.1) is 0 Å². The monoisotopic (exact) mass is 117 g/mol. The summed E-state index contributed by atoms with van der Waals surface area (Å²) in [7, 11) is 0. The number of aliphatic hydroxyl groups is 1. The van der Waals surface area contributed by atoms with Gasteiger partial charge in [0.2, 0.25) is 0 Å². The van der Waals surface area contributed by atoms with Crippen LogP contribution in [0.4, 0.5) is 0 Å². The summed E-state index contributed by atoms with van der Waals surface area (Å²) in [5.41, 5.74) is -0.228. The molecular weight excluding hydrogens is 106 g/mol. The molecule has 1 saturated heterocycles. The van der Waals surface area contributed by atoms with Gasteiger partial charge in [-0.15, -0.1) is 5.06 Å². The van der Waals surface area contributed by atoms with Crippen LogP contribution in [0.15, 0.2) is 0 Å². The number of hydrogen-bond acceptors (Lipinski definition) is 3. The third kappa shape index (κ3) is 0.844. The zero-order valence-corrected chi connectivity index (χ0v) is 5.38. The molecule has 8 heavy (non-hydrogen) atoms. The molecule has 0 aromatic heterocycles. The number of nitrogens with zero attached hydrogens (tertiary/aromatic N) is 1. The van der Waals surface area contributed by atoms with E-state index in [2.05, 4.69) is 0 Å². The van der Waals surface area contributed by atoms with Crippen LogP contribution < -0.4 is 0 Å². The Kier molecular flexibility index (Phi) is 1.08. The zero-order valence-electron chi connectivity index (χ0n) is 5.38. The van der Waals surface area contributed by atoms with E-state index in [-0.39, 0.29) is 5.72 Å². The molecule has 1 aliphatic rings. The van der Waals surface area contributed by atoms with Crippen molar-refractivity contribution in [3.63, 3.8) is 0 Å². The van der Waals surface area contributed by atoms with Gasteiger partial charge in [0, 0.05) is 0 Å². The second-order valence-electron chi connectivity index (χ2n) is 2.50. The normalized spacial score (nSPS) is 36.8. The van der Waals surface area contributed by atoms with E-state index in [1.165, 1.54) is 5.06 Å². The molecule has 3 heteroatoms. The Balaban J connectivity index is 2.37. The summed E-state index contributed by atoms with van der Waals surface area (Å²) >= 11 is 0. The summed E-state index contributed by atoms with van der Waals surface area (Å²) in [5.74, 6) is 0. The van der Waals surface area contributed by atoms with Crippen molar-refractivity contribution in [1.82, 2.24) is 5.06 Å². The predicted octanol–water partition coefficient (Wildman–Crippen LogP) is 0.308. The number of hydrogen-bond donors (Lipinski definition) is 1. The van der Waals surface area contributed by atoms with Crippen LogP contribution in [0.5, 0.6) is 0 Å². The molecule has 0 saturated carbocycles. The topological polar surface area (TPSA) is 35.8 Å². The van der Waals surface area contributed by atoms with E-state index >= 15 is 0 Å². The minimum atomic E-state index is -0.481. The lowest BCUT2D eigenvalue weighted by molar-refractivity contribution is 0.00497. The van der Waals surface area contributed by atoms with E-state index in [0.29, 0.717) is 0 Å². The largest absolute Gasteiger partial charge is 0.376 e. The van der Waals surface area contributed by atoms with Crippen molar-refractivity contribution in [2.45, 2.75) is 32.7 Å². The first-order valence-corrected chi connectivity index (χ1v) is 2.70. The molecule has 0 aliphatic carbocycles. The molecule has 0 amide bonds. The molecule has 1 rings (SSSR count). The zero-order chi connectivity index (χ0) is 6.36. The van der Waals surface area contributed by atoms with Crippen LogP contribution in [0.25, 0.3) is 0 Å². The van der Waals surface area contributed by atoms with Crippen molar-refractivity contribution >= 4 is 0 Å². The van der Waals surface area contributed by atoms with Gasteiger partial charge >= 0.3 is 0 Å². The summed E-state index contributed by atoms with van der Waals surface area (Å²) in [5, 5.41) is 10.4. The molecule has 1 heterocycles. The Hall–Kier alpha value is -0.120. The third-order valence-corrected chi connectivity index (χ3v) is 1.16. The highest BCUT2D eigenvalue weighted by molar-refractivity contribution is 4.76. The Morgan fingerprint density at radius 1 is 1.62 bits per heavy atom. The van der Waals surface area contributed by atoms with E-state index in [9.17, 15) is 0 Å². The van der Waals surface area contributed by atoms with Crippen molar-refractivity contribution in [1.29, 1.82) is 0 Å². The van der Waals surface area contributed by atoms with Crippen LogP contribution in [0.2, 0.25) is 0 Å². The highest BCUT2D eigenvalue weighted by Crippen LogP contribution is 2.34. The Morgan fingerprint density at radius 2 is 2.00 bits per heavy atom. The molecule has 0 aromatic rings. The van der Waals surface area contributed by atoms with Gasteiger partial charge < -0.3 is 5.11 Å². The van der Waals surface area contributed by atoms with Gasteiger partial charge in [0.15, 0.2) is 5.72 Å². The molecule has 0 aromatic carbocycles. The van der Waals surface area contributed by atoms with Crippen LogP contribution in [0, 0.1) is 0 Å². The Bertz CT molecular complexity index is 101. The van der Waals surface area contributed by atoms with Gasteiger partial charge in [-0.3, -0.25) is 4.84 Å². The minimum Gasteiger partial charge on any atom is -0.376 e. The molecule has 3 nitrogen and oxygen atoms in total. The molecule has 0 spiro atoms. The maximum Gasteiger partial charge on any atom is 0.162 e. The van der Waals surface area contributed by atoms with E-state index in [1.54, 1.807) is 6.92 Å². The molecule has 2 atom stereocenters. The van der Waals surface area contributed by atoms with Gasteiger partial charge in [-0.05, 0) is 20.8 Å². The molecule has 0 radical (unpaired) electrons. The van der Waals surface area contributed by atoms with Gasteiger partial charge in [-0.2, -0.15) is 0 Å². The second kappa shape index (κ2) is 1.43. The molecule has 48 valence electrons. The molecule has 0 bridgehead atoms. The predicted molar refractivity (Wildman–Crippen MR) is 28.7 cm³/mol. The summed E-state index contributed by atoms with van der Waals surface area (Å²) in [6.07, 6.45) is -0.481. The number of hydroxylamine groups is 2. The lowest BCUT2D eigenvalue weighted by Crippen LogP contribution is -2.19. The van der Waals surface area contributed by atoms with Crippen LogP contribution >= 0.6 is 0 Å². The summed E-state index contributed by atoms with van der Waals surface area (Å²) in [6.45, 7) is 5.48. The van der Waals surface area contributed by atoms with Gasteiger partial charge in [0.25, 0.3) is 0 Å². The van der Waals surface area contributed by atoms with Crippen molar-refractivity contribution in [2.24, 2.45) is 0 Å². The van der Waals surface area contributed by atoms with Crippen molar-refractivity contribution in [3.05, 3.63) is 0 Å². The third-order valence-electron chi connectivity index (χ3n) is 1.16. The Morgan fingerprint density at radius 3 is 2.00 bits per heavy atom. The summed E-state index contributed by atoms with van der Waals surface area (Å²) in [6, 6.07) is 0. The van der Waals surface area contributed by atoms with E-state index in [0.717, 1.165) is 0 Å². The summed E-state index contributed by atoms with van der Waals surface area (Å²) in [4.78, 5) is 4.95. The van der Waals surface area contributed by atoms with Crippen molar-refractivity contribution in [3.8, 4) is 0 Å². The van der Waals surface area contributed by atoms with Gasteiger partial charge in [-0.25, -0.2) is 0 Å². The molecule has 2 unspecified atom stereocenters.